The maximum atomic E-state index is 11.9. The zero-order valence-corrected chi connectivity index (χ0v) is 11.0. The summed E-state index contributed by atoms with van der Waals surface area (Å²) in [5, 5.41) is 0. The molecule has 1 atom stereocenters. The van der Waals surface area contributed by atoms with Crippen LogP contribution in [0.3, 0.4) is 0 Å². The van der Waals surface area contributed by atoms with Gasteiger partial charge >= 0.3 is 0 Å². The Morgan fingerprint density at radius 2 is 2.12 bits per heavy atom. The van der Waals surface area contributed by atoms with Gasteiger partial charge in [0.05, 0.1) is 0 Å². The fraction of sp³-hybridized carbons (Fsp3) is 0.769. The average Bonchev–Trinajstić information content (AvgIpc) is 2.26. The van der Waals surface area contributed by atoms with Crippen molar-refractivity contribution in [3.8, 4) is 0 Å². The lowest BCUT2D eigenvalue weighted by Crippen LogP contribution is -2.41. The van der Waals surface area contributed by atoms with Crippen LogP contribution in [0.2, 0.25) is 0 Å². The van der Waals surface area contributed by atoms with Gasteiger partial charge in [-0.2, -0.15) is 0 Å². The van der Waals surface area contributed by atoms with E-state index in [2.05, 4.69) is 26.8 Å². The molecule has 0 N–H and O–H groups in total. The largest absolute Gasteiger partial charge is 0.372 e. The smallest absolute Gasteiger partial charge is 0.251 e. The molecule has 92 valence electrons. The molecule has 1 aliphatic rings. The molecule has 0 aromatic carbocycles. The fourth-order valence-electron chi connectivity index (χ4n) is 1.91. The molecule has 1 unspecified atom stereocenters. The number of ether oxygens (including phenoxy) is 1. The summed E-state index contributed by atoms with van der Waals surface area (Å²) in [6.45, 7) is 9.98. The predicted molar refractivity (Wildman–Crippen MR) is 65.2 cm³/mol. The van der Waals surface area contributed by atoms with Gasteiger partial charge in [0.25, 0.3) is 5.91 Å². The van der Waals surface area contributed by atoms with Gasteiger partial charge in [-0.15, -0.1) is 0 Å². The van der Waals surface area contributed by atoms with Gasteiger partial charge in [0.15, 0.2) is 0 Å². The second-order valence-corrected chi connectivity index (χ2v) is 5.39. The standard InChI is InChI=1S/C13H23NO2/c1-10(16-5)12(15)14-8-6-11(7-9-14)13(2,3)4/h6,10H,7-9H2,1-5H3. The lowest BCUT2D eigenvalue weighted by atomic mass is 9.83. The van der Waals surface area contributed by atoms with Crippen molar-refractivity contribution in [2.75, 3.05) is 20.2 Å². The first-order valence-electron chi connectivity index (χ1n) is 5.87. The molecule has 16 heavy (non-hydrogen) atoms. The van der Waals surface area contributed by atoms with Crippen molar-refractivity contribution >= 4 is 5.91 Å². The number of nitrogens with zero attached hydrogens (tertiary/aromatic N) is 1. The van der Waals surface area contributed by atoms with Gasteiger partial charge in [-0.05, 0) is 18.8 Å². The third-order valence-corrected chi connectivity index (χ3v) is 3.19. The Kier molecular flexibility index (Phi) is 4.14. The molecule has 0 saturated heterocycles. The maximum Gasteiger partial charge on any atom is 0.251 e. The highest BCUT2D eigenvalue weighted by molar-refractivity contribution is 5.80. The monoisotopic (exact) mass is 225 g/mol. The van der Waals surface area contributed by atoms with Crippen LogP contribution in [0.1, 0.15) is 34.1 Å². The third kappa shape index (κ3) is 3.08. The van der Waals surface area contributed by atoms with E-state index in [1.807, 2.05) is 4.90 Å². The molecule has 0 bridgehead atoms. The van der Waals surface area contributed by atoms with Crippen molar-refractivity contribution in [3.05, 3.63) is 11.6 Å². The van der Waals surface area contributed by atoms with Crippen LogP contribution in [0.4, 0.5) is 0 Å². The Hall–Kier alpha value is -0.830. The number of hydrogen-bond acceptors (Lipinski definition) is 2. The molecule has 0 fully saturated rings. The van der Waals surface area contributed by atoms with Gasteiger partial charge in [-0.25, -0.2) is 0 Å². The molecule has 0 spiro atoms. The van der Waals surface area contributed by atoms with Crippen LogP contribution in [0.25, 0.3) is 0 Å². The lowest BCUT2D eigenvalue weighted by molar-refractivity contribution is -0.140. The molecule has 0 aromatic heterocycles. The quantitative estimate of drug-likeness (QED) is 0.674. The maximum absolute atomic E-state index is 11.9. The normalized spacial score (nSPS) is 19.3. The van der Waals surface area contributed by atoms with Gasteiger partial charge < -0.3 is 9.64 Å². The van der Waals surface area contributed by atoms with Crippen LogP contribution >= 0.6 is 0 Å². The summed E-state index contributed by atoms with van der Waals surface area (Å²) in [7, 11) is 1.57. The fourth-order valence-corrected chi connectivity index (χ4v) is 1.91. The molecule has 0 radical (unpaired) electrons. The lowest BCUT2D eigenvalue weighted by Gasteiger charge is -2.33. The van der Waals surface area contributed by atoms with Crippen LogP contribution in [0, 0.1) is 5.41 Å². The summed E-state index contributed by atoms with van der Waals surface area (Å²) in [5.41, 5.74) is 1.67. The molecule has 1 rings (SSSR count). The van der Waals surface area contributed by atoms with E-state index in [1.165, 1.54) is 5.57 Å². The van der Waals surface area contributed by atoms with Crippen molar-refractivity contribution in [2.24, 2.45) is 5.41 Å². The molecule has 0 aliphatic carbocycles. The molecule has 0 aromatic rings. The second kappa shape index (κ2) is 5.00. The molecule has 1 amide bonds. The van der Waals surface area contributed by atoms with E-state index in [-0.39, 0.29) is 17.4 Å². The number of amides is 1. The third-order valence-electron chi connectivity index (χ3n) is 3.19. The SMILES string of the molecule is COC(C)C(=O)N1CC=C(C(C)(C)C)CC1. The van der Waals surface area contributed by atoms with Crippen LogP contribution in [0.5, 0.6) is 0 Å². The van der Waals surface area contributed by atoms with Crippen LogP contribution in [0.15, 0.2) is 11.6 Å². The number of carbonyl (C=O) groups excluding carboxylic acids is 1. The predicted octanol–water partition coefficient (Wildman–Crippen LogP) is 2.23. The molecule has 1 heterocycles. The Bertz CT molecular complexity index is 289. The Labute approximate surface area is 98.5 Å². The van der Waals surface area contributed by atoms with E-state index >= 15 is 0 Å². The highest BCUT2D eigenvalue weighted by atomic mass is 16.5. The first-order valence-corrected chi connectivity index (χ1v) is 5.87. The van der Waals surface area contributed by atoms with Crippen molar-refractivity contribution in [3.63, 3.8) is 0 Å². The Morgan fingerprint density at radius 1 is 1.50 bits per heavy atom. The van der Waals surface area contributed by atoms with E-state index in [0.29, 0.717) is 0 Å². The van der Waals surface area contributed by atoms with E-state index in [4.69, 9.17) is 4.74 Å². The number of carbonyl (C=O) groups is 1. The number of hydrogen-bond donors (Lipinski definition) is 0. The first-order chi connectivity index (χ1) is 7.36. The Balaban J connectivity index is 2.61. The average molecular weight is 225 g/mol. The van der Waals surface area contributed by atoms with Gasteiger partial charge in [0.1, 0.15) is 6.10 Å². The minimum atomic E-state index is -0.329. The number of rotatable bonds is 2. The minimum absolute atomic E-state index is 0.0895. The summed E-state index contributed by atoms with van der Waals surface area (Å²) in [6.07, 6.45) is 2.83. The van der Waals surface area contributed by atoms with Crippen molar-refractivity contribution < 1.29 is 9.53 Å². The van der Waals surface area contributed by atoms with E-state index in [1.54, 1.807) is 14.0 Å². The summed E-state index contributed by atoms with van der Waals surface area (Å²) >= 11 is 0. The van der Waals surface area contributed by atoms with Gasteiger partial charge in [0, 0.05) is 20.2 Å². The van der Waals surface area contributed by atoms with Gasteiger partial charge in [0.2, 0.25) is 0 Å². The zero-order chi connectivity index (χ0) is 12.3. The minimum Gasteiger partial charge on any atom is -0.372 e. The zero-order valence-electron chi connectivity index (χ0n) is 11.0. The number of methoxy groups -OCH3 is 1. The van der Waals surface area contributed by atoms with Crippen molar-refractivity contribution in [1.29, 1.82) is 0 Å². The summed E-state index contributed by atoms with van der Waals surface area (Å²) in [4.78, 5) is 13.7. The summed E-state index contributed by atoms with van der Waals surface area (Å²) in [6, 6.07) is 0. The van der Waals surface area contributed by atoms with Gasteiger partial charge in [-0.1, -0.05) is 32.4 Å². The van der Waals surface area contributed by atoms with Crippen molar-refractivity contribution in [1.82, 2.24) is 4.90 Å². The van der Waals surface area contributed by atoms with Gasteiger partial charge in [-0.3, -0.25) is 4.79 Å². The van der Waals surface area contributed by atoms with Crippen LogP contribution < -0.4 is 0 Å². The summed E-state index contributed by atoms with van der Waals surface area (Å²) < 4.78 is 5.05. The summed E-state index contributed by atoms with van der Waals surface area (Å²) in [5.74, 6) is 0.0895. The van der Waals surface area contributed by atoms with E-state index < -0.39 is 0 Å². The van der Waals surface area contributed by atoms with Crippen molar-refractivity contribution in [2.45, 2.75) is 40.2 Å². The topological polar surface area (TPSA) is 29.5 Å². The molecule has 0 saturated carbocycles. The first kappa shape index (κ1) is 13.2. The highest BCUT2D eigenvalue weighted by Gasteiger charge is 2.25. The second-order valence-electron chi connectivity index (χ2n) is 5.39. The molecular weight excluding hydrogens is 202 g/mol. The molecule has 3 nitrogen and oxygen atoms in total. The van der Waals surface area contributed by atoms with E-state index in [0.717, 1.165) is 19.5 Å². The molecular formula is C13H23NO2. The molecule has 1 aliphatic heterocycles. The highest BCUT2D eigenvalue weighted by Crippen LogP contribution is 2.30. The van der Waals surface area contributed by atoms with Crippen LogP contribution in [-0.4, -0.2) is 37.1 Å². The molecule has 3 heteroatoms. The van der Waals surface area contributed by atoms with E-state index in [9.17, 15) is 4.79 Å². The Morgan fingerprint density at radius 3 is 2.50 bits per heavy atom. The van der Waals surface area contributed by atoms with Crippen LogP contribution in [-0.2, 0) is 9.53 Å².